The van der Waals surface area contributed by atoms with Crippen LogP contribution in [-0.2, 0) is 18.4 Å². The second-order valence-corrected chi connectivity index (χ2v) is 19.2. The maximum absolute atomic E-state index is 12.8. The van der Waals surface area contributed by atoms with E-state index in [1.165, 1.54) is 128 Å². The van der Waals surface area contributed by atoms with Crippen LogP contribution in [0.1, 0.15) is 206 Å². The van der Waals surface area contributed by atoms with E-state index in [9.17, 15) is 19.4 Å². The summed E-state index contributed by atoms with van der Waals surface area (Å²) < 4.78 is 23.3. The minimum Gasteiger partial charge on any atom is -0.756 e. The van der Waals surface area contributed by atoms with Gasteiger partial charge in [-0.1, -0.05) is 222 Å². The van der Waals surface area contributed by atoms with Crippen LogP contribution in [0.4, 0.5) is 0 Å². The fraction of sp³-hybridized carbons (Fsp3) is 0.784. The summed E-state index contributed by atoms with van der Waals surface area (Å²) in [5.41, 5.74) is 0. The predicted octanol–water partition coefficient (Wildman–Crippen LogP) is 13.6. The van der Waals surface area contributed by atoms with Gasteiger partial charge in [-0.3, -0.25) is 9.36 Å². The normalized spacial score (nSPS) is 14.7. The number of unbranched alkanes of at least 4 members (excludes halogenated alkanes) is 22. The van der Waals surface area contributed by atoms with Crippen LogP contribution >= 0.6 is 7.82 Å². The zero-order valence-electron chi connectivity index (χ0n) is 39.6. The quantitative estimate of drug-likeness (QED) is 0.0273. The molecule has 8 nitrogen and oxygen atoms in total. The van der Waals surface area contributed by atoms with E-state index in [1.807, 2.05) is 27.2 Å². The molecule has 0 spiro atoms. The molecule has 0 aliphatic rings. The monoisotopic (exact) mass is 863 g/mol. The molecule has 0 fully saturated rings. The number of phosphoric ester groups is 1. The molecule has 0 saturated carbocycles. The van der Waals surface area contributed by atoms with Crippen LogP contribution in [-0.4, -0.2) is 68.5 Å². The molecule has 0 rings (SSSR count). The van der Waals surface area contributed by atoms with Gasteiger partial charge in [0.1, 0.15) is 13.2 Å². The fourth-order valence-electron chi connectivity index (χ4n) is 6.93. The largest absolute Gasteiger partial charge is 0.756 e. The van der Waals surface area contributed by atoms with Crippen LogP contribution in [0.2, 0.25) is 0 Å². The number of quaternary nitrogens is 1. The van der Waals surface area contributed by atoms with Crippen molar-refractivity contribution >= 4 is 13.7 Å². The molecule has 3 atom stereocenters. The molecule has 0 aliphatic carbocycles. The Hall–Kier alpha value is -1.80. The van der Waals surface area contributed by atoms with E-state index in [-0.39, 0.29) is 25.5 Å². The van der Waals surface area contributed by atoms with Gasteiger partial charge in [0.15, 0.2) is 0 Å². The van der Waals surface area contributed by atoms with Crippen molar-refractivity contribution in [2.75, 3.05) is 40.9 Å². The number of nitrogens with zero attached hydrogens (tertiary/aromatic N) is 1. The van der Waals surface area contributed by atoms with Crippen LogP contribution in [0.5, 0.6) is 0 Å². The van der Waals surface area contributed by atoms with Crippen molar-refractivity contribution in [1.82, 2.24) is 5.32 Å². The van der Waals surface area contributed by atoms with Crippen molar-refractivity contribution in [1.29, 1.82) is 0 Å². The summed E-state index contributed by atoms with van der Waals surface area (Å²) in [4.78, 5) is 25.3. The van der Waals surface area contributed by atoms with Gasteiger partial charge in [-0.2, -0.15) is 0 Å². The van der Waals surface area contributed by atoms with Gasteiger partial charge in [0.05, 0.1) is 39.9 Å². The molecule has 0 aromatic heterocycles. The van der Waals surface area contributed by atoms with Gasteiger partial charge >= 0.3 is 0 Å². The Morgan fingerprint density at radius 2 is 0.950 bits per heavy atom. The van der Waals surface area contributed by atoms with Gasteiger partial charge in [0, 0.05) is 6.42 Å². The van der Waals surface area contributed by atoms with E-state index in [0.717, 1.165) is 44.9 Å². The highest BCUT2D eigenvalue weighted by Crippen LogP contribution is 2.38. The Kier molecular flexibility index (Phi) is 41.2. The van der Waals surface area contributed by atoms with Crippen molar-refractivity contribution in [2.45, 2.75) is 219 Å². The number of phosphoric acid groups is 1. The molecule has 9 heteroatoms. The summed E-state index contributed by atoms with van der Waals surface area (Å²) >= 11 is 0. The van der Waals surface area contributed by atoms with Gasteiger partial charge in [0.25, 0.3) is 7.82 Å². The highest BCUT2D eigenvalue weighted by molar-refractivity contribution is 7.45. The number of likely N-dealkylation sites (N-methyl/N-ethyl adjacent to an activating group) is 1. The number of aliphatic hydroxyl groups excluding tert-OH is 1. The molecular weight excluding hydrogens is 768 g/mol. The van der Waals surface area contributed by atoms with E-state index < -0.39 is 20.0 Å². The first kappa shape index (κ1) is 58.2. The predicted molar refractivity (Wildman–Crippen MR) is 256 cm³/mol. The van der Waals surface area contributed by atoms with Gasteiger partial charge in [-0.25, -0.2) is 0 Å². The summed E-state index contributed by atoms with van der Waals surface area (Å²) in [6.07, 6.45) is 55.6. The second kappa shape index (κ2) is 42.5. The first-order valence-electron chi connectivity index (χ1n) is 24.6. The third-order valence-corrected chi connectivity index (χ3v) is 11.8. The minimum absolute atomic E-state index is 0.00651. The Morgan fingerprint density at radius 1 is 0.583 bits per heavy atom. The first-order chi connectivity index (χ1) is 29.0. The molecule has 350 valence electrons. The number of hydrogen-bond acceptors (Lipinski definition) is 6. The number of nitrogens with one attached hydrogen (secondary N) is 1. The lowest BCUT2D eigenvalue weighted by Crippen LogP contribution is -2.46. The van der Waals surface area contributed by atoms with E-state index >= 15 is 0 Å². The molecule has 0 saturated heterocycles. The van der Waals surface area contributed by atoms with Gasteiger partial charge in [0.2, 0.25) is 5.91 Å². The third-order valence-electron chi connectivity index (χ3n) is 10.8. The van der Waals surface area contributed by atoms with Crippen molar-refractivity contribution in [3.8, 4) is 0 Å². The SMILES string of the molecule is CC/C=C\C/C=C\C/C=C\C/C=C\C/C=C\CC(=O)NC(COP(=O)([O-])OCC[N+](C)(C)C)C(O)CCCCCCCCCCCCCCCCCCCCCCCCC. The molecule has 3 unspecified atom stereocenters. The molecule has 0 aromatic rings. The number of allylic oxidation sites excluding steroid dienone is 9. The van der Waals surface area contributed by atoms with E-state index in [4.69, 9.17) is 9.05 Å². The Bertz CT molecular complexity index is 1160. The summed E-state index contributed by atoms with van der Waals surface area (Å²) in [5, 5.41) is 13.9. The average molecular weight is 863 g/mol. The van der Waals surface area contributed by atoms with Gasteiger partial charge in [-0.05, 0) is 38.5 Å². The van der Waals surface area contributed by atoms with Crippen LogP contribution in [0.3, 0.4) is 0 Å². The highest BCUT2D eigenvalue weighted by Gasteiger charge is 2.24. The van der Waals surface area contributed by atoms with E-state index in [1.54, 1.807) is 6.08 Å². The zero-order chi connectivity index (χ0) is 44.3. The number of amides is 1. The summed E-state index contributed by atoms with van der Waals surface area (Å²) in [6.45, 7) is 4.53. The molecule has 0 radical (unpaired) electrons. The maximum Gasteiger partial charge on any atom is 0.268 e. The highest BCUT2D eigenvalue weighted by atomic mass is 31.2. The number of hydrogen-bond donors (Lipinski definition) is 2. The molecular formula is C51H95N2O6P. The lowest BCUT2D eigenvalue weighted by Gasteiger charge is -2.30. The molecule has 0 aromatic carbocycles. The molecule has 0 aliphatic heterocycles. The minimum atomic E-state index is -4.59. The fourth-order valence-corrected chi connectivity index (χ4v) is 7.65. The molecule has 1 amide bonds. The lowest BCUT2D eigenvalue weighted by molar-refractivity contribution is -0.870. The smallest absolute Gasteiger partial charge is 0.268 e. The third kappa shape index (κ3) is 44.3. The van der Waals surface area contributed by atoms with E-state index in [0.29, 0.717) is 23.9 Å². The zero-order valence-corrected chi connectivity index (χ0v) is 40.5. The summed E-state index contributed by atoms with van der Waals surface area (Å²) in [6, 6.07) is -0.857. The number of carbonyl (C=O) groups excluding carboxylic acids is 1. The average Bonchev–Trinajstić information content (AvgIpc) is 3.20. The molecule has 0 heterocycles. The topological polar surface area (TPSA) is 108 Å². The standard InChI is InChI=1S/C51H95N2O6P/c1-6-8-10-12-14-16-18-20-22-23-24-25-26-27-28-29-31-32-34-36-38-40-42-44-50(54)49(48-59-60(56,57)58-47-46-53(3,4)5)52-51(55)45-43-41-39-37-35-33-30-21-19-17-15-13-11-9-7-2/h9,11,15,17,21,30,35,37,41,43,49-50,54H,6-8,10,12-14,16,18-20,22-29,31-34,36,38-40,42,44-48H2,1-5H3,(H-,52,55,56,57)/b11-9-,17-15-,30-21-,37-35-,43-41-. The van der Waals surface area contributed by atoms with Crippen molar-refractivity contribution in [3.05, 3.63) is 60.8 Å². The summed E-state index contributed by atoms with van der Waals surface area (Å²) in [7, 11) is 1.24. The first-order valence-corrected chi connectivity index (χ1v) is 26.1. The lowest BCUT2D eigenvalue weighted by atomic mass is 10.0. The van der Waals surface area contributed by atoms with Crippen LogP contribution in [0.15, 0.2) is 60.8 Å². The summed E-state index contributed by atoms with van der Waals surface area (Å²) in [5.74, 6) is -0.292. The van der Waals surface area contributed by atoms with Crippen LogP contribution < -0.4 is 10.2 Å². The number of rotatable bonds is 44. The number of aliphatic hydroxyl groups is 1. The van der Waals surface area contributed by atoms with E-state index in [2.05, 4.69) is 67.8 Å². The van der Waals surface area contributed by atoms with Crippen LogP contribution in [0.25, 0.3) is 0 Å². The van der Waals surface area contributed by atoms with Crippen LogP contribution in [0, 0.1) is 0 Å². The molecule has 0 bridgehead atoms. The van der Waals surface area contributed by atoms with Crippen molar-refractivity contribution in [3.63, 3.8) is 0 Å². The second-order valence-electron chi connectivity index (χ2n) is 17.8. The van der Waals surface area contributed by atoms with Crippen molar-refractivity contribution in [2.24, 2.45) is 0 Å². The Morgan fingerprint density at radius 3 is 1.33 bits per heavy atom. The van der Waals surface area contributed by atoms with Gasteiger partial charge < -0.3 is 28.8 Å². The Labute approximate surface area is 371 Å². The Balaban J connectivity index is 4.34. The van der Waals surface area contributed by atoms with Crippen molar-refractivity contribution < 1.29 is 32.9 Å². The molecule has 2 N–H and O–H groups in total. The molecule has 60 heavy (non-hydrogen) atoms. The maximum atomic E-state index is 12.8. The number of carbonyl (C=O) groups is 1. The van der Waals surface area contributed by atoms with Gasteiger partial charge in [-0.15, -0.1) is 0 Å².